The maximum Gasteiger partial charge on any atom is 0.264 e. The number of anilines is 1. The van der Waals surface area contributed by atoms with Gasteiger partial charge in [-0.05, 0) is 60.9 Å². The van der Waals surface area contributed by atoms with Crippen molar-refractivity contribution in [3.63, 3.8) is 0 Å². The number of nitrogens with zero attached hydrogens (tertiary/aromatic N) is 2. The number of carbonyl (C=O) groups is 2. The molecule has 8 nitrogen and oxygen atoms in total. The summed E-state index contributed by atoms with van der Waals surface area (Å²) in [5.41, 5.74) is 1.82. The summed E-state index contributed by atoms with van der Waals surface area (Å²) in [6.07, 6.45) is 0.947. The van der Waals surface area contributed by atoms with Crippen LogP contribution in [0.2, 0.25) is 5.02 Å². The van der Waals surface area contributed by atoms with E-state index in [0.29, 0.717) is 30.3 Å². The van der Waals surface area contributed by atoms with Crippen molar-refractivity contribution in [2.45, 2.75) is 44.2 Å². The van der Waals surface area contributed by atoms with Crippen LogP contribution in [0.15, 0.2) is 114 Å². The lowest BCUT2D eigenvalue weighted by Gasteiger charge is -2.34. The van der Waals surface area contributed by atoms with Crippen LogP contribution in [0.4, 0.5) is 5.69 Å². The second kappa shape index (κ2) is 16.1. The van der Waals surface area contributed by atoms with E-state index in [0.717, 1.165) is 15.4 Å². The Morgan fingerprint density at radius 2 is 1.44 bits per heavy atom. The zero-order valence-corrected chi connectivity index (χ0v) is 27.0. The zero-order valence-electron chi connectivity index (χ0n) is 25.4. The standard InChI is InChI=1S/C35H38ClN3O5S/c1-3-23-37-35(41)32(24-27-13-7-5-8-14-27)38(25-28-19-21-29(36)22-20-28)34(40)26-39(31-17-11-12-18-33(31)44-4-2)45(42,43)30-15-9-6-10-16-30/h5-22,32H,3-4,23-26H2,1-2H3,(H,37,41)/t32-/m1/s1. The Morgan fingerprint density at radius 1 is 0.822 bits per heavy atom. The van der Waals surface area contributed by atoms with Gasteiger partial charge in [-0.3, -0.25) is 13.9 Å². The molecule has 4 aromatic carbocycles. The number of ether oxygens (including phenoxy) is 1. The van der Waals surface area contributed by atoms with Crippen molar-refractivity contribution in [3.05, 3.63) is 125 Å². The fourth-order valence-corrected chi connectivity index (χ4v) is 6.45. The average Bonchev–Trinajstić information content (AvgIpc) is 3.06. The van der Waals surface area contributed by atoms with E-state index in [1.165, 1.54) is 17.0 Å². The van der Waals surface area contributed by atoms with Gasteiger partial charge < -0.3 is 15.0 Å². The summed E-state index contributed by atoms with van der Waals surface area (Å²) in [5, 5.41) is 3.48. The summed E-state index contributed by atoms with van der Waals surface area (Å²) in [7, 11) is -4.23. The second-order valence-corrected chi connectivity index (χ2v) is 12.7. The number of hydrogen-bond acceptors (Lipinski definition) is 5. The first-order valence-corrected chi connectivity index (χ1v) is 16.7. The monoisotopic (exact) mass is 647 g/mol. The summed E-state index contributed by atoms with van der Waals surface area (Å²) in [6.45, 7) is 3.97. The molecule has 0 saturated carbocycles. The van der Waals surface area contributed by atoms with Gasteiger partial charge in [0.15, 0.2) is 0 Å². The summed E-state index contributed by atoms with van der Waals surface area (Å²) in [4.78, 5) is 29.7. The normalized spacial score (nSPS) is 11.8. The van der Waals surface area contributed by atoms with Crippen LogP contribution in [0, 0.1) is 0 Å². The second-order valence-electron chi connectivity index (χ2n) is 10.4. The quantitative estimate of drug-likeness (QED) is 0.168. The first-order chi connectivity index (χ1) is 21.7. The maximum atomic E-state index is 14.5. The Labute approximate surface area is 270 Å². The molecule has 0 saturated heterocycles. The van der Waals surface area contributed by atoms with Crippen molar-refractivity contribution in [1.29, 1.82) is 0 Å². The van der Waals surface area contributed by atoms with Crippen LogP contribution in [-0.2, 0) is 32.6 Å². The number of carbonyl (C=O) groups excluding carboxylic acids is 2. The van der Waals surface area contributed by atoms with Crippen molar-refractivity contribution < 1.29 is 22.7 Å². The minimum atomic E-state index is -4.23. The van der Waals surface area contributed by atoms with Gasteiger partial charge in [-0.25, -0.2) is 8.42 Å². The van der Waals surface area contributed by atoms with Gasteiger partial charge in [-0.1, -0.05) is 91.3 Å². The number of para-hydroxylation sites is 2. The van der Waals surface area contributed by atoms with Crippen LogP contribution in [0.5, 0.6) is 5.75 Å². The molecule has 0 heterocycles. The lowest BCUT2D eigenvalue weighted by molar-refractivity contribution is -0.140. The lowest BCUT2D eigenvalue weighted by atomic mass is 10.0. The van der Waals surface area contributed by atoms with E-state index in [1.54, 1.807) is 73.7 Å². The third-order valence-electron chi connectivity index (χ3n) is 7.13. The number of amides is 2. The predicted octanol–water partition coefficient (Wildman–Crippen LogP) is 6.10. The van der Waals surface area contributed by atoms with Crippen LogP contribution in [-0.4, -0.2) is 50.9 Å². The molecule has 4 aromatic rings. The van der Waals surface area contributed by atoms with E-state index in [1.807, 2.05) is 37.3 Å². The van der Waals surface area contributed by atoms with E-state index in [4.69, 9.17) is 16.3 Å². The Kier molecular flexibility index (Phi) is 12.0. The van der Waals surface area contributed by atoms with Crippen molar-refractivity contribution in [1.82, 2.24) is 10.2 Å². The third-order valence-corrected chi connectivity index (χ3v) is 9.16. The largest absolute Gasteiger partial charge is 0.492 e. The van der Waals surface area contributed by atoms with E-state index in [2.05, 4.69) is 5.32 Å². The minimum absolute atomic E-state index is 0.0230. The summed E-state index contributed by atoms with van der Waals surface area (Å²) >= 11 is 6.14. The van der Waals surface area contributed by atoms with E-state index < -0.39 is 28.5 Å². The molecule has 0 radical (unpaired) electrons. The van der Waals surface area contributed by atoms with Crippen molar-refractivity contribution in [2.75, 3.05) is 24.0 Å². The van der Waals surface area contributed by atoms with Crippen molar-refractivity contribution >= 4 is 39.1 Å². The fraction of sp³-hybridized carbons (Fsp3) is 0.257. The SMILES string of the molecule is CCCNC(=O)[C@@H](Cc1ccccc1)N(Cc1ccc(Cl)cc1)C(=O)CN(c1ccccc1OCC)S(=O)(=O)c1ccccc1. The van der Waals surface area contributed by atoms with Gasteiger partial charge in [0.05, 0.1) is 17.2 Å². The molecule has 0 aliphatic heterocycles. The molecular weight excluding hydrogens is 610 g/mol. The molecule has 1 atom stereocenters. The number of rotatable bonds is 15. The van der Waals surface area contributed by atoms with Gasteiger partial charge >= 0.3 is 0 Å². The van der Waals surface area contributed by atoms with Crippen LogP contribution >= 0.6 is 11.6 Å². The van der Waals surface area contributed by atoms with Crippen LogP contribution < -0.4 is 14.4 Å². The molecule has 4 rings (SSSR count). The highest BCUT2D eigenvalue weighted by atomic mass is 35.5. The maximum absolute atomic E-state index is 14.5. The molecular formula is C35H38ClN3O5S. The first-order valence-electron chi connectivity index (χ1n) is 14.9. The first kappa shape index (κ1) is 33.6. The molecule has 0 aliphatic rings. The van der Waals surface area contributed by atoms with Gasteiger partial charge in [0.2, 0.25) is 11.8 Å². The van der Waals surface area contributed by atoms with Crippen molar-refractivity contribution in [3.8, 4) is 5.75 Å². The molecule has 0 unspecified atom stereocenters. The molecule has 0 bridgehead atoms. The summed E-state index contributed by atoms with van der Waals surface area (Å²) in [5.74, 6) is -0.559. The molecule has 0 aromatic heterocycles. The Bertz CT molecular complexity index is 1650. The van der Waals surface area contributed by atoms with Gasteiger partial charge in [0.25, 0.3) is 10.0 Å². The van der Waals surface area contributed by atoms with Gasteiger partial charge in [-0.15, -0.1) is 0 Å². The highest BCUT2D eigenvalue weighted by Crippen LogP contribution is 2.33. The molecule has 45 heavy (non-hydrogen) atoms. The minimum Gasteiger partial charge on any atom is -0.492 e. The van der Waals surface area contributed by atoms with E-state index in [-0.39, 0.29) is 29.5 Å². The predicted molar refractivity (Wildman–Crippen MR) is 178 cm³/mol. The average molecular weight is 648 g/mol. The van der Waals surface area contributed by atoms with Crippen molar-refractivity contribution in [2.24, 2.45) is 0 Å². The highest BCUT2D eigenvalue weighted by Gasteiger charge is 2.35. The highest BCUT2D eigenvalue weighted by molar-refractivity contribution is 7.92. The Balaban J connectivity index is 1.82. The number of halogens is 1. The number of hydrogen-bond donors (Lipinski definition) is 1. The molecule has 0 fully saturated rings. The van der Waals surface area contributed by atoms with Gasteiger partial charge in [0.1, 0.15) is 18.3 Å². The van der Waals surface area contributed by atoms with Crippen LogP contribution in [0.25, 0.3) is 0 Å². The van der Waals surface area contributed by atoms with Gasteiger partial charge in [-0.2, -0.15) is 0 Å². The number of sulfonamides is 1. The summed E-state index contributed by atoms with van der Waals surface area (Å²) in [6, 6.07) is 30.2. The number of nitrogens with one attached hydrogen (secondary N) is 1. The lowest BCUT2D eigenvalue weighted by Crippen LogP contribution is -2.53. The molecule has 1 N–H and O–H groups in total. The topological polar surface area (TPSA) is 96.0 Å². The zero-order chi connectivity index (χ0) is 32.2. The molecule has 236 valence electrons. The van der Waals surface area contributed by atoms with Gasteiger partial charge in [0, 0.05) is 24.5 Å². The number of benzene rings is 4. The molecule has 2 amide bonds. The Hall–Kier alpha value is -4.34. The Morgan fingerprint density at radius 3 is 2.09 bits per heavy atom. The smallest absolute Gasteiger partial charge is 0.264 e. The molecule has 10 heteroatoms. The summed E-state index contributed by atoms with van der Waals surface area (Å²) < 4.78 is 35.2. The third kappa shape index (κ3) is 8.86. The molecule has 0 aliphatic carbocycles. The van der Waals surface area contributed by atoms with E-state index in [9.17, 15) is 18.0 Å². The van der Waals surface area contributed by atoms with E-state index >= 15 is 0 Å². The fourth-order valence-electron chi connectivity index (χ4n) is 4.88. The van der Waals surface area contributed by atoms with Crippen LogP contribution in [0.1, 0.15) is 31.4 Å². The van der Waals surface area contributed by atoms with Crippen LogP contribution in [0.3, 0.4) is 0 Å². The molecule has 0 spiro atoms.